The minimum Gasteiger partial charge on any atom is -0.496 e. The molecule has 0 radical (unpaired) electrons. The maximum absolute atomic E-state index is 12.0. The van der Waals surface area contributed by atoms with E-state index in [1.54, 1.807) is 19.2 Å². The number of allylic oxidation sites excluding steroid dienone is 1. The van der Waals surface area contributed by atoms with Crippen LogP contribution in [0, 0.1) is 0 Å². The van der Waals surface area contributed by atoms with E-state index in [0.29, 0.717) is 11.3 Å². The average molecular weight is 238 g/mol. The second kappa shape index (κ2) is 5.82. The summed E-state index contributed by atoms with van der Waals surface area (Å²) in [6.45, 7) is 0. The molecule has 0 N–H and O–H groups in total. The Morgan fingerprint density at radius 1 is 0.889 bits per heavy atom. The molecule has 2 aromatic carbocycles. The number of benzene rings is 2. The molecule has 0 saturated carbocycles. The Bertz CT molecular complexity index is 542. The minimum atomic E-state index is -0.0590. The van der Waals surface area contributed by atoms with Gasteiger partial charge in [0.2, 0.25) is 0 Å². The molecule has 0 spiro atoms. The largest absolute Gasteiger partial charge is 0.496 e. The summed E-state index contributed by atoms with van der Waals surface area (Å²) in [6, 6.07) is 18.7. The van der Waals surface area contributed by atoms with Gasteiger partial charge in [0.1, 0.15) is 5.76 Å². The van der Waals surface area contributed by atoms with Crippen LogP contribution >= 0.6 is 0 Å². The number of ketones is 1. The molecule has 2 rings (SSSR count). The van der Waals surface area contributed by atoms with Crippen molar-refractivity contribution in [3.05, 3.63) is 77.9 Å². The van der Waals surface area contributed by atoms with Gasteiger partial charge in [-0.3, -0.25) is 4.79 Å². The molecule has 0 atom stereocenters. The Balaban J connectivity index is 2.29. The van der Waals surface area contributed by atoms with E-state index in [1.807, 2.05) is 48.5 Å². The number of hydrogen-bond donors (Lipinski definition) is 0. The Hall–Kier alpha value is -2.35. The molecule has 2 aromatic rings. The first-order valence-corrected chi connectivity index (χ1v) is 5.72. The van der Waals surface area contributed by atoms with Crippen LogP contribution in [0.5, 0.6) is 0 Å². The smallest absolute Gasteiger partial charge is 0.189 e. The van der Waals surface area contributed by atoms with Gasteiger partial charge >= 0.3 is 0 Å². The van der Waals surface area contributed by atoms with E-state index < -0.39 is 0 Å². The van der Waals surface area contributed by atoms with E-state index >= 15 is 0 Å². The van der Waals surface area contributed by atoms with Crippen molar-refractivity contribution in [2.45, 2.75) is 0 Å². The van der Waals surface area contributed by atoms with Crippen LogP contribution in [-0.4, -0.2) is 12.9 Å². The van der Waals surface area contributed by atoms with Gasteiger partial charge in [-0.2, -0.15) is 0 Å². The Labute approximate surface area is 107 Å². The summed E-state index contributed by atoms with van der Waals surface area (Å²) < 4.78 is 5.27. The van der Waals surface area contributed by atoms with Crippen molar-refractivity contribution in [2.75, 3.05) is 7.11 Å². The molecule has 90 valence electrons. The van der Waals surface area contributed by atoms with Crippen LogP contribution in [0.4, 0.5) is 0 Å². The summed E-state index contributed by atoms with van der Waals surface area (Å²) in [6.07, 6.45) is 1.52. The highest BCUT2D eigenvalue weighted by Crippen LogP contribution is 2.15. The average Bonchev–Trinajstić information content (AvgIpc) is 2.46. The first-order valence-electron chi connectivity index (χ1n) is 5.72. The topological polar surface area (TPSA) is 26.3 Å². The van der Waals surface area contributed by atoms with Crippen molar-refractivity contribution in [1.82, 2.24) is 0 Å². The number of rotatable bonds is 4. The molecule has 0 fully saturated rings. The summed E-state index contributed by atoms with van der Waals surface area (Å²) >= 11 is 0. The Morgan fingerprint density at radius 3 is 1.89 bits per heavy atom. The number of ether oxygens (including phenoxy) is 1. The van der Waals surface area contributed by atoms with Crippen LogP contribution in [0.25, 0.3) is 5.76 Å². The molecule has 0 unspecified atom stereocenters. The molecule has 0 heterocycles. The van der Waals surface area contributed by atoms with Gasteiger partial charge in [-0.1, -0.05) is 60.7 Å². The maximum atomic E-state index is 12.0. The van der Waals surface area contributed by atoms with Gasteiger partial charge < -0.3 is 4.74 Å². The molecule has 0 aliphatic rings. The first kappa shape index (κ1) is 12.1. The summed E-state index contributed by atoms with van der Waals surface area (Å²) in [7, 11) is 1.57. The van der Waals surface area contributed by atoms with Crippen LogP contribution in [0.3, 0.4) is 0 Å². The predicted octanol–water partition coefficient (Wildman–Crippen LogP) is 3.56. The van der Waals surface area contributed by atoms with Gasteiger partial charge in [-0.25, -0.2) is 0 Å². The highest BCUT2D eigenvalue weighted by molar-refractivity contribution is 6.07. The monoisotopic (exact) mass is 238 g/mol. The quantitative estimate of drug-likeness (QED) is 0.462. The standard InChI is InChI=1S/C16H14O2/c1-18-16(14-10-6-3-7-11-14)12-15(17)13-8-4-2-5-9-13/h2-12H,1H3/b16-12+. The minimum absolute atomic E-state index is 0.0590. The summed E-state index contributed by atoms with van der Waals surface area (Å²) in [4.78, 5) is 12.0. The van der Waals surface area contributed by atoms with E-state index in [4.69, 9.17) is 4.74 Å². The molecule has 2 heteroatoms. The fraction of sp³-hybridized carbons (Fsp3) is 0.0625. The van der Waals surface area contributed by atoms with E-state index in [-0.39, 0.29) is 5.78 Å². The van der Waals surface area contributed by atoms with Gasteiger partial charge in [0, 0.05) is 17.2 Å². The Morgan fingerprint density at radius 2 is 1.39 bits per heavy atom. The first-order chi connectivity index (χ1) is 8.81. The third kappa shape index (κ3) is 2.86. The van der Waals surface area contributed by atoms with E-state index in [9.17, 15) is 4.79 Å². The highest BCUT2D eigenvalue weighted by atomic mass is 16.5. The molecule has 0 amide bonds. The van der Waals surface area contributed by atoms with Crippen LogP contribution in [0.15, 0.2) is 66.7 Å². The van der Waals surface area contributed by atoms with Gasteiger partial charge in [-0.05, 0) is 0 Å². The van der Waals surface area contributed by atoms with Crippen LogP contribution in [-0.2, 0) is 4.74 Å². The molecule has 0 aromatic heterocycles. The zero-order valence-corrected chi connectivity index (χ0v) is 10.2. The molecule has 2 nitrogen and oxygen atoms in total. The SMILES string of the molecule is CO/C(=C/C(=O)c1ccccc1)c1ccccc1. The molecular formula is C16H14O2. The van der Waals surface area contributed by atoms with Crippen molar-refractivity contribution >= 4 is 11.5 Å². The Kier molecular flexibility index (Phi) is 3.92. The van der Waals surface area contributed by atoms with Gasteiger partial charge in [0.15, 0.2) is 5.78 Å². The van der Waals surface area contributed by atoms with Crippen LogP contribution in [0.1, 0.15) is 15.9 Å². The summed E-state index contributed by atoms with van der Waals surface area (Å²) in [5.41, 5.74) is 1.55. The lowest BCUT2D eigenvalue weighted by Gasteiger charge is -2.05. The molecule has 0 bridgehead atoms. The lowest BCUT2D eigenvalue weighted by atomic mass is 10.1. The van der Waals surface area contributed by atoms with Crippen LogP contribution < -0.4 is 0 Å². The zero-order chi connectivity index (χ0) is 12.8. The number of methoxy groups -OCH3 is 1. The van der Waals surface area contributed by atoms with Crippen molar-refractivity contribution in [2.24, 2.45) is 0 Å². The normalized spacial score (nSPS) is 11.1. The number of carbonyl (C=O) groups is 1. The molecule has 18 heavy (non-hydrogen) atoms. The highest BCUT2D eigenvalue weighted by Gasteiger charge is 2.06. The van der Waals surface area contributed by atoms with Crippen LogP contribution in [0.2, 0.25) is 0 Å². The molecule has 0 aliphatic carbocycles. The van der Waals surface area contributed by atoms with Crippen molar-refractivity contribution in [1.29, 1.82) is 0 Å². The second-order valence-corrected chi connectivity index (χ2v) is 3.81. The second-order valence-electron chi connectivity index (χ2n) is 3.81. The summed E-state index contributed by atoms with van der Waals surface area (Å²) in [5.74, 6) is 0.515. The van der Waals surface area contributed by atoms with E-state index in [0.717, 1.165) is 5.56 Å². The lowest BCUT2D eigenvalue weighted by Crippen LogP contribution is -1.97. The molecule has 0 aliphatic heterocycles. The zero-order valence-electron chi connectivity index (χ0n) is 10.2. The fourth-order valence-corrected chi connectivity index (χ4v) is 1.67. The van der Waals surface area contributed by atoms with Crippen molar-refractivity contribution in [3.63, 3.8) is 0 Å². The van der Waals surface area contributed by atoms with E-state index in [1.165, 1.54) is 6.08 Å². The third-order valence-electron chi connectivity index (χ3n) is 2.60. The molecule has 0 saturated heterocycles. The molecular weight excluding hydrogens is 224 g/mol. The third-order valence-corrected chi connectivity index (χ3v) is 2.60. The van der Waals surface area contributed by atoms with Gasteiger partial charge in [0.05, 0.1) is 7.11 Å². The van der Waals surface area contributed by atoms with Gasteiger partial charge in [0.25, 0.3) is 0 Å². The van der Waals surface area contributed by atoms with E-state index in [2.05, 4.69) is 0 Å². The fourth-order valence-electron chi connectivity index (χ4n) is 1.67. The maximum Gasteiger partial charge on any atom is 0.189 e. The summed E-state index contributed by atoms with van der Waals surface area (Å²) in [5, 5.41) is 0. The lowest BCUT2D eigenvalue weighted by molar-refractivity contribution is 0.104. The van der Waals surface area contributed by atoms with Crippen molar-refractivity contribution in [3.8, 4) is 0 Å². The number of hydrogen-bond acceptors (Lipinski definition) is 2. The van der Waals surface area contributed by atoms with Gasteiger partial charge in [-0.15, -0.1) is 0 Å². The predicted molar refractivity (Wildman–Crippen MR) is 72.2 cm³/mol. The van der Waals surface area contributed by atoms with Crippen molar-refractivity contribution < 1.29 is 9.53 Å². The number of carbonyl (C=O) groups excluding carboxylic acids is 1.